The first-order chi connectivity index (χ1) is 9.78. The van der Waals surface area contributed by atoms with Crippen LogP contribution in [0.3, 0.4) is 0 Å². The van der Waals surface area contributed by atoms with Crippen molar-refractivity contribution in [3.8, 4) is 0 Å². The van der Waals surface area contributed by atoms with Crippen molar-refractivity contribution in [2.24, 2.45) is 0 Å². The Balaban J connectivity index is 1.88. The summed E-state index contributed by atoms with van der Waals surface area (Å²) in [5.41, 5.74) is 1.86. The summed E-state index contributed by atoms with van der Waals surface area (Å²) in [7, 11) is 0. The van der Waals surface area contributed by atoms with Crippen LogP contribution in [0.1, 0.15) is 10.4 Å². The highest BCUT2D eigenvalue weighted by atomic mass is 32.2. The Kier molecular flexibility index (Phi) is 3.34. The molecule has 20 heavy (non-hydrogen) atoms. The van der Waals surface area contributed by atoms with E-state index in [1.807, 2.05) is 12.3 Å². The smallest absolute Gasteiger partial charge is 0.255 e. The number of amides is 1. The highest BCUT2D eigenvalue weighted by Gasteiger charge is 2.10. The number of pyridine rings is 2. The highest BCUT2D eigenvalue weighted by molar-refractivity contribution is 7.98. The van der Waals surface area contributed by atoms with Gasteiger partial charge in [-0.15, -0.1) is 11.8 Å². The van der Waals surface area contributed by atoms with E-state index in [9.17, 15) is 4.79 Å². The van der Waals surface area contributed by atoms with Crippen LogP contribution in [-0.2, 0) is 0 Å². The SMILES string of the molecule is CSc1ncccc1NC(=O)c1ccn2ncnc2c1. The fourth-order valence-electron chi connectivity index (χ4n) is 1.80. The number of nitrogens with one attached hydrogen (secondary N) is 1. The zero-order valence-electron chi connectivity index (χ0n) is 10.6. The van der Waals surface area contributed by atoms with Gasteiger partial charge in [0.05, 0.1) is 5.69 Å². The largest absolute Gasteiger partial charge is 0.320 e. The third-order valence-electron chi connectivity index (χ3n) is 2.76. The van der Waals surface area contributed by atoms with Crippen molar-refractivity contribution in [1.82, 2.24) is 19.6 Å². The summed E-state index contributed by atoms with van der Waals surface area (Å²) in [6, 6.07) is 7.01. The van der Waals surface area contributed by atoms with E-state index in [2.05, 4.69) is 20.4 Å². The van der Waals surface area contributed by atoms with Gasteiger partial charge in [-0.2, -0.15) is 5.10 Å². The minimum absolute atomic E-state index is 0.196. The second kappa shape index (κ2) is 5.30. The standard InChI is InChI=1S/C13H11N5OS/c1-20-13-10(3-2-5-14-13)17-12(19)9-4-6-18-11(7-9)15-8-16-18/h2-8H,1H3,(H,17,19). The molecule has 0 unspecified atom stereocenters. The van der Waals surface area contributed by atoms with E-state index in [0.29, 0.717) is 16.9 Å². The molecule has 3 rings (SSSR count). The van der Waals surface area contributed by atoms with Gasteiger partial charge in [-0.25, -0.2) is 14.5 Å². The summed E-state index contributed by atoms with van der Waals surface area (Å²) >= 11 is 1.48. The Labute approximate surface area is 119 Å². The number of fused-ring (bicyclic) bond motifs is 1. The Bertz CT molecular complexity index is 770. The molecule has 0 atom stereocenters. The van der Waals surface area contributed by atoms with E-state index in [1.165, 1.54) is 18.1 Å². The normalized spacial score (nSPS) is 10.7. The summed E-state index contributed by atoms with van der Waals surface area (Å²) in [5.74, 6) is -0.196. The maximum Gasteiger partial charge on any atom is 0.255 e. The molecule has 0 saturated carbocycles. The molecule has 6 nitrogen and oxygen atoms in total. The molecule has 3 heterocycles. The van der Waals surface area contributed by atoms with Crippen LogP contribution in [0.2, 0.25) is 0 Å². The molecule has 0 bridgehead atoms. The minimum atomic E-state index is -0.196. The number of aromatic nitrogens is 4. The van der Waals surface area contributed by atoms with E-state index in [1.54, 1.807) is 35.1 Å². The quantitative estimate of drug-likeness (QED) is 0.746. The van der Waals surface area contributed by atoms with Gasteiger partial charge in [0.2, 0.25) is 0 Å². The number of rotatable bonds is 3. The Morgan fingerprint density at radius 1 is 1.35 bits per heavy atom. The first-order valence-electron chi connectivity index (χ1n) is 5.87. The van der Waals surface area contributed by atoms with Crippen molar-refractivity contribution in [1.29, 1.82) is 0 Å². The van der Waals surface area contributed by atoms with Crippen LogP contribution in [0.15, 0.2) is 48.0 Å². The maximum absolute atomic E-state index is 12.2. The van der Waals surface area contributed by atoms with Gasteiger partial charge in [-0.05, 0) is 30.5 Å². The topological polar surface area (TPSA) is 72.2 Å². The summed E-state index contributed by atoms with van der Waals surface area (Å²) in [4.78, 5) is 20.5. The monoisotopic (exact) mass is 285 g/mol. The summed E-state index contributed by atoms with van der Waals surface area (Å²) < 4.78 is 1.61. The second-order valence-corrected chi connectivity index (χ2v) is 4.79. The minimum Gasteiger partial charge on any atom is -0.320 e. The molecule has 1 N–H and O–H groups in total. The van der Waals surface area contributed by atoms with Crippen LogP contribution >= 0.6 is 11.8 Å². The van der Waals surface area contributed by atoms with Gasteiger partial charge in [0, 0.05) is 18.0 Å². The molecular formula is C13H11N5OS. The average Bonchev–Trinajstić information content (AvgIpc) is 2.95. The Morgan fingerprint density at radius 3 is 3.10 bits per heavy atom. The predicted molar refractivity (Wildman–Crippen MR) is 77.0 cm³/mol. The molecule has 3 aromatic heterocycles. The van der Waals surface area contributed by atoms with Crippen molar-refractivity contribution in [3.05, 3.63) is 48.5 Å². The van der Waals surface area contributed by atoms with Crippen LogP contribution in [0.4, 0.5) is 5.69 Å². The third kappa shape index (κ3) is 2.35. The van der Waals surface area contributed by atoms with Crippen LogP contribution < -0.4 is 5.32 Å². The van der Waals surface area contributed by atoms with Crippen molar-refractivity contribution in [2.45, 2.75) is 5.03 Å². The van der Waals surface area contributed by atoms with Gasteiger partial charge in [0.25, 0.3) is 5.91 Å². The number of hydrogen-bond acceptors (Lipinski definition) is 5. The van der Waals surface area contributed by atoms with Crippen molar-refractivity contribution < 1.29 is 4.79 Å². The lowest BCUT2D eigenvalue weighted by molar-refractivity contribution is 0.102. The average molecular weight is 285 g/mol. The lowest BCUT2D eigenvalue weighted by Gasteiger charge is -2.08. The molecule has 0 spiro atoms. The first kappa shape index (κ1) is 12.6. The second-order valence-electron chi connectivity index (χ2n) is 3.99. The lowest BCUT2D eigenvalue weighted by atomic mass is 10.2. The molecule has 3 aromatic rings. The van der Waals surface area contributed by atoms with Crippen molar-refractivity contribution in [2.75, 3.05) is 11.6 Å². The fourth-order valence-corrected chi connectivity index (χ4v) is 2.30. The molecule has 0 aliphatic heterocycles. The molecule has 0 fully saturated rings. The van der Waals surface area contributed by atoms with E-state index in [-0.39, 0.29) is 5.91 Å². The lowest BCUT2D eigenvalue weighted by Crippen LogP contribution is -2.13. The van der Waals surface area contributed by atoms with Crippen LogP contribution in [0.25, 0.3) is 5.65 Å². The van der Waals surface area contributed by atoms with Crippen LogP contribution in [0, 0.1) is 0 Å². The Morgan fingerprint density at radius 2 is 2.25 bits per heavy atom. The van der Waals surface area contributed by atoms with Crippen LogP contribution in [0.5, 0.6) is 0 Å². The van der Waals surface area contributed by atoms with Crippen molar-refractivity contribution in [3.63, 3.8) is 0 Å². The van der Waals surface area contributed by atoms with Gasteiger partial charge < -0.3 is 5.32 Å². The van der Waals surface area contributed by atoms with E-state index in [4.69, 9.17) is 0 Å². The number of nitrogens with zero attached hydrogens (tertiary/aromatic N) is 4. The fraction of sp³-hybridized carbons (Fsp3) is 0.0769. The van der Waals surface area contributed by atoms with Gasteiger partial charge in [0.1, 0.15) is 11.4 Å². The molecule has 0 radical (unpaired) electrons. The molecule has 0 saturated heterocycles. The summed E-state index contributed by atoms with van der Waals surface area (Å²) in [5, 5.41) is 7.63. The number of carbonyl (C=O) groups is 1. The molecule has 0 aliphatic carbocycles. The first-order valence-corrected chi connectivity index (χ1v) is 7.10. The van der Waals surface area contributed by atoms with Gasteiger partial charge in [-0.3, -0.25) is 4.79 Å². The zero-order chi connectivity index (χ0) is 13.9. The van der Waals surface area contributed by atoms with Crippen LogP contribution in [-0.4, -0.2) is 31.7 Å². The number of carbonyl (C=O) groups excluding carboxylic acids is 1. The number of thioether (sulfide) groups is 1. The summed E-state index contributed by atoms with van der Waals surface area (Å²) in [6.45, 7) is 0. The molecule has 100 valence electrons. The van der Waals surface area contributed by atoms with Gasteiger partial charge >= 0.3 is 0 Å². The van der Waals surface area contributed by atoms with E-state index in [0.717, 1.165) is 5.03 Å². The molecule has 1 amide bonds. The number of anilines is 1. The third-order valence-corrected chi connectivity index (χ3v) is 3.47. The summed E-state index contributed by atoms with van der Waals surface area (Å²) in [6.07, 6.45) is 6.77. The maximum atomic E-state index is 12.2. The molecule has 0 aliphatic rings. The molecule has 0 aromatic carbocycles. The predicted octanol–water partition coefficient (Wildman–Crippen LogP) is 2.10. The van der Waals surface area contributed by atoms with E-state index < -0.39 is 0 Å². The zero-order valence-corrected chi connectivity index (χ0v) is 11.5. The molecule has 7 heteroatoms. The highest BCUT2D eigenvalue weighted by Crippen LogP contribution is 2.22. The number of hydrogen-bond donors (Lipinski definition) is 1. The molecular weight excluding hydrogens is 274 g/mol. The van der Waals surface area contributed by atoms with Crippen molar-refractivity contribution >= 4 is 29.0 Å². The van der Waals surface area contributed by atoms with Gasteiger partial charge in [-0.1, -0.05) is 0 Å². The van der Waals surface area contributed by atoms with Gasteiger partial charge in [0.15, 0.2) is 5.65 Å². The Hall–Kier alpha value is -2.41. The van der Waals surface area contributed by atoms with E-state index >= 15 is 0 Å².